The van der Waals surface area contributed by atoms with Gasteiger partial charge in [0.15, 0.2) is 5.82 Å². The van der Waals surface area contributed by atoms with Crippen LogP contribution >= 0.6 is 58.0 Å². The molecule has 0 saturated carbocycles. The van der Waals surface area contributed by atoms with E-state index in [1.54, 1.807) is 0 Å². The molecule has 0 saturated heterocycles. The normalized spacial score (nSPS) is 12.7. The number of alkyl halides is 5. The molecule has 0 aliphatic rings. The van der Waals surface area contributed by atoms with Crippen LogP contribution in [0.2, 0.25) is 0 Å². The van der Waals surface area contributed by atoms with Crippen molar-refractivity contribution in [1.82, 2.24) is 14.8 Å². The molecule has 1 rings (SSSR count). The number of nitrogens with zero attached hydrogens (tertiary/aromatic N) is 3. The fourth-order valence-electron chi connectivity index (χ4n) is 1.29. The zero-order chi connectivity index (χ0) is 13.8. The largest absolute Gasteiger partial charge is 0.303 e. The second-order valence-corrected chi connectivity index (χ2v) is 7.15. The molecule has 1 aromatic rings. The fraction of sp³-hybridized carbons (Fsp3) is 0.667. The lowest BCUT2D eigenvalue weighted by Crippen LogP contribution is -2.32. The van der Waals surface area contributed by atoms with Crippen molar-refractivity contribution < 1.29 is 4.79 Å². The molecule has 0 fully saturated rings. The molecule has 0 radical (unpaired) electrons. The summed E-state index contributed by atoms with van der Waals surface area (Å²) in [6, 6.07) is 0. The first-order valence-corrected chi connectivity index (χ1v) is 6.96. The smallest absolute Gasteiger partial charge is 0.230 e. The van der Waals surface area contributed by atoms with Crippen LogP contribution < -0.4 is 0 Å². The van der Waals surface area contributed by atoms with Crippen LogP contribution in [0.5, 0.6) is 0 Å². The van der Waals surface area contributed by atoms with Gasteiger partial charge in [0.05, 0.1) is 0 Å². The SMILES string of the molecule is O=CCCCCn1ncnc1C(Cl)(Cl)C(Cl)(Cl)Cl. The highest BCUT2D eigenvalue weighted by atomic mass is 35.6. The number of hydrogen-bond donors (Lipinski definition) is 0. The number of hydrogen-bond acceptors (Lipinski definition) is 3. The van der Waals surface area contributed by atoms with E-state index < -0.39 is 8.13 Å². The van der Waals surface area contributed by atoms with E-state index in [1.165, 1.54) is 11.0 Å². The first-order chi connectivity index (χ1) is 8.30. The summed E-state index contributed by atoms with van der Waals surface area (Å²) >= 11 is 29.2. The van der Waals surface area contributed by atoms with E-state index in [4.69, 9.17) is 58.0 Å². The van der Waals surface area contributed by atoms with Crippen LogP contribution in [0.4, 0.5) is 0 Å². The number of aryl methyl sites for hydroxylation is 1. The molecular weight excluding hydrogens is 343 g/mol. The van der Waals surface area contributed by atoms with Crippen molar-refractivity contribution in [1.29, 1.82) is 0 Å². The van der Waals surface area contributed by atoms with E-state index in [0.717, 1.165) is 19.1 Å². The number of unbranched alkanes of at least 4 members (excludes halogenated alkanes) is 2. The Hall–Kier alpha value is 0.260. The Balaban J connectivity index is 2.79. The number of aromatic nitrogens is 3. The second kappa shape index (κ2) is 6.62. The van der Waals surface area contributed by atoms with Crippen LogP contribution in [0.15, 0.2) is 6.33 Å². The second-order valence-electron chi connectivity index (χ2n) is 3.54. The van der Waals surface area contributed by atoms with Crippen molar-refractivity contribution in [3.8, 4) is 0 Å². The molecule has 0 atom stereocenters. The first kappa shape index (κ1) is 16.3. The standard InChI is InChI=1S/C9H10Cl5N3O/c10-8(11,9(12,13)14)7-15-6-16-17(7)4-2-1-3-5-18/h5-6H,1-4H2. The number of aldehydes is 1. The molecular formula is C9H10Cl5N3O. The van der Waals surface area contributed by atoms with Crippen LogP contribution in [0, 0.1) is 0 Å². The maximum atomic E-state index is 10.2. The molecule has 0 spiro atoms. The minimum Gasteiger partial charge on any atom is -0.303 e. The molecule has 0 aliphatic heterocycles. The van der Waals surface area contributed by atoms with Gasteiger partial charge in [0.2, 0.25) is 8.13 Å². The summed E-state index contributed by atoms with van der Waals surface area (Å²) in [6.45, 7) is 0.491. The van der Waals surface area contributed by atoms with Crippen LogP contribution in [0.1, 0.15) is 25.1 Å². The summed E-state index contributed by atoms with van der Waals surface area (Å²) in [4.78, 5) is 14.1. The maximum absolute atomic E-state index is 10.2. The lowest BCUT2D eigenvalue weighted by Gasteiger charge is -2.26. The van der Waals surface area contributed by atoms with Crippen LogP contribution in [-0.2, 0) is 15.7 Å². The van der Waals surface area contributed by atoms with E-state index >= 15 is 0 Å². The summed E-state index contributed by atoms with van der Waals surface area (Å²) in [5, 5.41) is 3.97. The molecule has 9 heteroatoms. The summed E-state index contributed by atoms with van der Waals surface area (Å²) in [7, 11) is 0. The quantitative estimate of drug-likeness (QED) is 0.446. The molecule has 4 nitrogen and oxygen atoms in total. The van der Waals surface area contributed by atoms with Gasteiger partial charge in [0.1, 0.15) is 12.6 Å². The van der Waals surface area contributed by atoms with Crippen molar-refractivity contribution >= 4 is 64.3 Å². The van der Waals surface area contributed by atoms with Gasteiger partial charge >= 0.3 is 0 Å². The predicted molar refractivity (Wildman–Crippen MR) is 73.6 cm³/mol. The minimum atomic E-state index is -1.93. The summed E-state index contributed by atoms with van der Waals surface area (Å²) < 4.78 is -2.25. The van der Waals surface area contributed by atoms with E-state index in [-0.39, 0.29) is 5.82 Å². The highest BCUT2D eigenvalue weighted by molar-refractivity contribution is 6.75. The van der Waals surface area contributed by atoms with Gasteiger partial charge in [-0.2, -0.15) is 5.10 Å². The van der Waals surface area contributed by atoms with Gasteiger partial charge in [-0.1, -0.05) is 58.0 Å². The Kier molecular flexibility index (Phi) is 6.00. The molecule has 1 heterocycles. The zero-order valence-corrected chi connectivity index (χ0v) is 12.9. The number of carbonyl (C=O) groups excluding carboxylic acids is 1. The molecule has 0 bridgehead atoms. The fourth-order valence-corrected chi connectivity index (χ4v) is 1.83. The highest BCUT2D eigenvalue weighted by Crippen LogP contribution is 2.52. The summed E-state index contributed by atoms with van der Waals surface area (Å²) in [5.74, 6) is 0.164. The maximum Gasteiger partial charge on any atom is 0.230 e. The Morgan fingerprint density at radius 1 is 1.22 bits per heavy atom. The average Bonchev–Trinajstić information content (AvgIpc) is 2.71. The van der Waals surface area contributed by atoms with Crippen LogP contribution in [0.25, 0.3) is 0 Å². The van der Waals surface area contributed by atoms with Gasteiger partial charge in [-0.25, -0.2) is 9.67 Å². The Bertz CT molecular complexity index is 401. The van der Waals surface area contributed by atoms with Crippen molar-refractivity contribution in [2.24, 2.45) is 0 Å². The summed E-state index contributed by atoms with van der Waals surface area (Å²) in [5.41, 5.74) is 0. The van der Waals surface area contributed by atoms with Crippen LogP contribution in [-0.4, -0.2) is 24.8 Å². The monoisotopic (exact) mass is 351 g/mol. The van der Waals surface area contributed by atoms with Crippen LogP contribution in [0.3, 0.4) is 0 Å². The van der Waals surface area contributed by atoms with Gasteiger partial charge in [-0.05, 0) is 12.8 Å². The molecule has 102 valence electrons. The summed E-state index contributed by atoms with van der Waals surface area (Å²) in [6.07, 6.45) is 4.08. The number of carbonyl (C=O) groups is 1. The van der Waals surface area contributed by atoms with Crippen molar-refractivity contribution in [2.75, 3.05) is 0 Å². The third-order valence-corrected chi connectivity index (χ3v) is 4.53. The molecule has 0 amide bonds. The zero-order valence-electron chi connectivity index (χ0n) is 9.12. The Labute approximate surface area is 129 Å². The van der Waals surface area contributed by atoms with E-state index in [1.807, 2.05) is 0 Å². The Morgan fingerprint density at radius 3 is 2.44 bits per heavy atom. The molecule has 0 unspecified atom stereocenters. The number of rotatable bonds is 6. The molecule has 18 heavy (non-hydrogen) atoms. The third-order valence-electron chi connectivity index (χ3n) is 2.19. The highest BCUT2D eigenvalue weighted by Gasteiger charge is 2.50. The predicted octanol–water partition coefficient (Wildman–Crippen LogP) is 3.65. The molecule has 0 aliphatic carbocycles. The molecule has 1 aromatic heterocycles. The van der Waals surface area contributed by atoms with Gasteiger partial charge in [-0.3, -0.25) is 0 Å². The minimum absolute atomic E-state index is 0.164. The lowest BCUT2D eigenvalue weighted by molar-refractivity contribution is -0.107. The topological polar surface area (TPSA) is 47.8 Å². The van der Waals surface area contributed by atoms with E-state index in [0.29, 0.717) is 13.0 Å². The van der Waals surface area contributed by atoms with Gasteiger partial charge < -0.3 is 4.79 Å². The third kappa shape index (κ3) is 3.87. The van der Waals surface area contributed by atoms with Gasteiger partial charge in [-0.15, -0.1) is 0 Å². The van der Waals surface area contributed by atoms with E-state index in [9.17, 15) is 4.79 Å². The van der Waals surface area contributed by atoms with Gasteiger partial charge in [0, 0.05) is 13.0 Å². The molecule has 0 aromatic carbocycles. The Morgan fingerprint density at radius 2 is 1.89 bits per heavy atom. The average molecular weight is 353 g/mol. The van der Waals surface area contributed by atoms with E-state index in [2.05, 4.69) is 10.1 Å². The molecule has 0 N–H and O–H groups in total. The number of halogens is 5. The lowest BCUT2D eigenvalue weighted by atomic mass is 10.2. The van der Waals surface area contributed by atoms with Gasteiger partial charge in [0.25, 0.3) is 0 Å². The van der Waals surface area contributed by atoms with Crippen molar-refractivity contribution in [3.63, 3.8) is 0 Å². The van der Waals surface area contributed by atoms with Crippen molar-refractivity contribution in [3.05, 3.63) is 12.2 Å². The van der Waals surface area contributed by atoms with Crippen molar-refractivity contribution in [2.45, 2.75) is 33.9 Å². The first-order valence-electron chi connectivity index (χ1n) is 5.07.